The van der Waals surface area contributed by atoms with Crippen molar-refractivity contribution in [2.75, 3.05) is 17.7 Å². The number of carbonyl (C=O) groups is 1. The van der Waals surface area contributed by atoms with Gasteiger partial charge in [-0.1, -0.05) is 13.0 Å². The molecule has 1 aromatic carbocycles. The number of rotatable bonds is 5. The molecule has 4 nitrogen and oxygen atoms in total. The fourth-order valence-electron chi connectivity index (χ4n) is 3.02. The van der Waals surface area contributed by atoms with Gasteiger partial charge in [0.2, 0.25) is 0 Å². The van der Waals surface area contributed by atoms with Crippen molar-refractivity contribution in [3.8, 4) is 5.75 Å². The molecule has 5 heteroatoms. The van der Waals surface area contributed by atoms with Gasteiger partial charge in [0.05, 0.1) is 5.69 Å². The lowest BCUT2D eigenvalue weighted by Crippen LogP contribution is -2.27. The predicted octanol–water partition coefficient (Wildman–Crippen LogP) is 2.78. The molecular formula is C16H22N2O2S. The maximum absolute atomic E-state index is 11.3. The highest BCUT2D eigenvalue weighted by Crippen LogP contribution is 2.31. The van der Waals surface area contributed by atoms with E-state index in [4.69, 9.17) is 4.74 Å². The average molecular weight is 306 g/mol. The maximum atomic E-state index is 11.3. The highest BCUT2D eigenvalue weighted by molar-refractivity contribution is 7.99. The monoisotopic (exact) mass is 306 g/mol. The summed E-state index contributed by atoms with van der Waals surface area (Å²) in [7, 11) is 0. The number of hydrogen-bond acceptors (Lipinski definition) is 4. The average Bonchev–Trinajstić information content (AvgIpc) is 2.93. The van der Waals surface area contributed by atoms with Crippen LogP contribution in [0.5, 0.6) is 5.75 Å². The lowest BCUT2D eigenvalue weighted by Gasteiger charge is -2.19. The quantitative estimate of drug-likeness (QED) is 0.878. The summed E-state index contributed by atoms with van der Waals surface area (Å²) in [4.78, 5) is 11.3. The summed E-state index contributed by atoms with van der Waals surface area (Å²) in [5, 5.41) is 7.32. The topological polar surface area (TPSA) is 50.4 Å². The van der Waals surface area contributed by atoms with E-state index >= 15 is 0 Å². The Bertz CT molecular complexity index is 521. The smallest absolute Gasteiger partial charge is 0.262 e. The van der Waals surface area contributed by atoms with Crippen molar-refractivity contribution < 1.29 is 9.53 Å². The summed E-state index contributed by atoms with van der Waals surface area (Å²) in [6.07, 6.45) is 3.86. The summed E-state index contributed by atoms with van der Waals surface area (Å²) in [5.41, 5.74) is 1.97. The van der Waals surface area contributed by atoms with Crippen molar-refractivity contribution in [2.24, 2.45) is 0 Å². The number of nitrogens with one attached hydrogen (secondary N) is 2. The standard InChI is InChI=1S/C16H22N2O2S/c1-2-21-13-5-4-12(8-13)17-9-11-3-6-15-14(7-11)18-16(19)10-20-15/h3,6-7,12-13,17H,2,4-5,8-10H2,1H3,(H,18,19). The first kappa shape index (κ1) is 14.7. The molecule has 2 unspecified atom stereocenters. The molecule has 0 radical (unpaired) electrons. The molecule has 2 atom stereocenters. The Morgan fingerprint density at radius 2 is 2.33 bits per heavy atom. The van der Waals surface area contributed by atoms with Crippen LogP contribution in [0.25, 0.3) is 0 Å². The summed E-state index contributed by atoms with van der Waals surface area (Å²) in [6.45, 7) is 3.19. The van der Waals surface area contributed by atoms with E-state index < -0.39 is 0 Å². The van der Waals surface area contributed by atoms with E-state index in [2.05, 4.69) is 35.4 Å². The third-order valence-corrected chi connectivity index (χ3v) is 5.29. The Kier molecular flexibility index (Phi) is 4.70. The molecule has 0 aromatic heterocycles. The number of amides is 1. The fraction of sp³-hybridized carbons (Fsp3) is 0.562. The van der Waals surface area contributed by atoms with Gasteiger partial charge in [-0.25, -0.2) is 0 Å². The van der Waals surface area contributed by atoms with Crippen LogP contribution in [0.1, 0.15) is 31.7 Å². The number of anilines is 1. The molecule has 0 saturated heterocycles. The molecule has 1 saturated carbocycles. The summed E-state index contributed by atoms with van der Waals surface area (Å²) < 4.78 is 5.37. The molecule has 3 rings (SSSR count). The van der Waals surface area contributed by atoms with E-state index in [-0.39, 0.29) is 12.5 Å². The van der Waals surface area contributed by atoms with Crippen molar-refractivity contribution in [3.05, 3.63) is 23.8 Å². The molecular weight excluding hydrogens is 284 g/mol. The van der Waals surface area contributed by atoms with Crippen molar-refractivity contribution in [1.29, 1.82) is 0 Å². The van der Waals surface area contributed by atoms with Gasteiger partial charge in [0.25, 0.3) is 5.91 Å². The molecule has 1 aromatic rings. The van der Waals surface area contributed by atoms with Crippen LogP contribution in [0.15, 0.2) is 18.2 Å². The van der Waals surface area contributed by atoms with Crippen LogP contribution in [-0.2, 0) is 11.3 Å². The fourth-order valence-corrected chi connectivity index (χ4v) is 4.16. The van der Waals surface area contributed by atoms with Crippen LogP contribution >= 0.6 is 11.8 Å². The normalized spacial score (nSPS) is 24.3. The second-order valence-electron chi connectivity index (χ2n) is 5.64. The zero-order valence-corrected chi connectivity index (χ0v) is 13.2. The second-order valence-corrected chi connectivity index (χ2v) is 7.21. The molecule has 2 aliphatic rings. The molecule has 1 aliphatic heterocycles. The third-order valence-electron chi connectivity index (χ3n) is 4.06. The number of hydrogen-bond donors (Lipinski definition) is 2. The van der Waals surface area contributed by atoms with Gasteiger partial charge in [-0.3, -0.25) is 4.79 Å². The van der Waals surface area contributed by atoms with E-state index in [0.717, 1.165) is 23.2 Å². The van der Waals surface area contributed by atoms with Gasteiger partial charge < -0.3 is 15.4 Å². The zero-order chi connectivity index (χ0) is 14.7. The number of fused-ring (bicyclic) bond motifs is 1. The van der Waals surface area contributed by atoms with Gasteiger partial charge in [-0.2, -0.15) is 11.8 Å². The zero-order valence-electron chi connectivity index (χ0n) is 12.4. The van der Waals surface area contributed by atoms with Gasteiger partial charge >= 0.3 is 0 Å². The van der Waals surface area contributed by atoms with Crippen LogP contribution in [0.3, 0.4) is 0 Å². The predicted molar refractivity (Wildman–Crippen MR) is 87.0 cm³/mol. The summed E-state index contributed by atoms with van der Waals surface area (Å²) in [6, 6.07) is 6.63. The van der Waals surface area contributed by atoms with E-state index in [1.807, 2.05) is 12.1 Å². The Hall–Kier alpha value is -1.20. The molecule has 1 aliphatic carbocycles. The first-order valence-electron chi connectivity index (χ1n) is 7.65. The number of carbonyl (C=O) groups excluding carboxylic acids is 1. The van der Waals surface area contributed by atoms with Gasteiger partial charge in [0, 0.05) is 17.8 Å². The second kappa shape index (κ2) is 6.71. The lowest BCUT2D eigenvalue weighted by atomic mass is 10.1. The molecule has 21 heavy (non-hydrogen) atoms. The Balaban J connectivity index is 1.54. The van der Waals surface area contributed by atoms with Gasteiger partial charge in [0.1, 0.15) is 5.75 Å². The highest BCUT2D eigenvalue weighted by atomic mass is 32.2. The minimum atomic E-state index is -0.0807. The van der Waals surface area contributed by atoms with E-state index in [9.17, 15) is 4.79 Å². The first-order valence-corrected chi connectivity index (χ1v) is 8.70. The number of thioether (sulfide) groups is 1. The van der Waals surface area contributed by atoms with Gasteiger partial charge in [-0.05, 0) is 42.7 Å². The maximum Gasteiger partial charge on any atom is 0.262 e. The molecule has 114 valence electrons. The molecule has 1 amide bonds. The Labute approximate surface area is 130 Å². The van der Waals surface area contributed by atoms with Gasteiger partial charge in [-0.15, -0.1) is 0 Å². The number of benzene rings is 1. The van der Waals surface area contributed by atoms with Crippen LogP contribution in [0, 0.1) is 0 Å². The minimum absolute atomic E-state index is 0.0807. The van der Waals surface area contributed by atoms with E-state index in [1.54, 1.807) is 0 Å². The third kappa shape index (κ3) is 3.71. The van der Waals surface area contributed by atoms with Crippen LogP contribution in [0.2, 0.25) is 0 Å². The summed E-state index contributed by atoms with van der Waals surface area (Å²) >= 11 is 2.08. The van der Waals surface area contributed by atoms with Crippen molar-refractivity contribution in [3.63, 3.8) is 0 Å². The molecule has 1 heterocycles. The van der Waals surface area contributed by atoms with Crippen LogP contribution in [0.4, 0.5) is 5.69 Å². The highest BCUT2D eigenvalue weighted by Gasteiger charge is 2.24. The minimum Gasteiger partial charge on any atom is -0.482 e. The molecule has 0 spiro atoms. The Morgan fingerprint density at radius 1 is 1.43 bits per heavy atom. The first-order chi connectivity index (χ1) is 10.2. The van der Waals surface area contributed by atoms with Crippen molar-refractivity contribution >= 4 is 23.4 Å². The van der Waals surface area contributed by atoms with Crippen molar-refractivity contribution in [1.82, 2.24) is 5.32 Å². The van der Waals surface area contributed by atoms with Gasteiger partial charge in [0.15, 0.2) is 6.61 Å². The van der Waals surface area contributed by atoms with E-state index in [1.165, 1.54) is 30.6 Å². The SMILES string of the molecule is CCSC1CCC(NCc2ccc3c(c2)NC(=O)CO3)C1. The lowest BCUT2D eigenvalue weighted by molar-refractivity contribution is -0.118. The summed E-state index contributed by atoms with van der Waals surface area (Å²) in [5.74, 6) is 1.89. The van der Waals surface area contributed by atoms with Crippen LogP contribution < -0.4 is 15.4 Å². The molecule has 2 N–H and O–H groups in total. The number of ether oxygens (including phenoxy) is 1. The van der Waals surface area contributed by atoms with E-state index in [0.29, 0.717) is 6.04 Å². The largest absolute Gasteiger partial charge is 0.482 e. The Morgan fingerprint density at radius 3 is 3.19 bits per heavy atom. The van der Waals surface area contributed by atoms with Crippen LogP contribution in [-0.4, -0.2) is 29.6 Å². The molecule has 1 fully saturated rings. The van der Waals surface area contributed by atoms with Crippen molar-refractivity contribution in [2.45, 2.75) is 44.0 Å². The molecule has 0 bridgehead atoms.